The molecule has 0 saturated carbocycles. The molecule has 0 spiro atoms. The fraction of sp³-hybridized carbons (Fsp3) is 0.211. The maximum Gasteiger partial charge on any atom is 0.252 e. The summed E-state index contributed by atoms with van der Waals surface area (Å²) >= 11 is 6.30. The highest BCUT2D eigenvalue weighted by atomic mass is 35.5. The van der Waals surface area contributed by atoms with Crippen molar-refractivity contribution in [3.63, 3.8) is 0 Å². The Balaban J connectivity index is 1.49. The summed E-state index contributed by atoms with van der Waals surface area (Å²) in [5.74, 6) is 0.524. The maximum absolute atomic E-state index is 12.4. The zero-order chi connectivity index (χ0) is 19.5. The SMILES string of the molecule is Cn1c(-c2ccccc2Cl)nc2cc(C(=O)NCCCn3ccnn3)cnc21. The Bertz CT molecular complexity index is 1120. The predicted octanol–water partition coefficient (Wildman–Crippen LogP) is 2.70. The Labute approximate surface area is 166 Å². The van der Waals surface area contributed by atoms with E-state index in [9.17, 15) is 4.79 Å². The van der Waals surface area contributed by atoms with Crippen LogP contribution in [0.3, 0.4) is 0 Å². The number of carbonyl (C=O) groups is 1. The van der Waals surface area contributed by atoms with Crippen LogP contribution in [0.4, 0.5) is 0 Å². The van der Waals surface area contributed by atoms with E-state index in [0.717, 1.165) is 12.0 Å². The molecule has 0 unspecified atom stereocenters. The number of fused-ring (bicyclic) bond motifs is 1. The zero-order valence-electron chi connectivity index (χ0n) is 15.2. The summed E-state index contributed by atoms with van der Waals surface area (Å²) in [5.41, 5.74) is 2.63. The summed E-state index contributed by atoms with van der Waals surface area (Å²) in [4.78, 5) is 21.5. The first-order valence-corrected chi connectivity index (χ1v) is 9.21. The molecule has 3 aromatic heterocycles. The summed E-state index contributed by atoms with van der Waals surface area (Å²) in [7, 11) is 1.88. The normalized spacial score (nSPS) is 11.1. The van der Waals surface area contributed by atoms with Crippen LogP contribution in [0.2, 0.25) is 5.02 Å². The third-order valence-electron chi connectivity index (χ3n) is 4.41. The Morgan fingerprint density at radius 1 is 1.29 bits per heavy atom. The fourth-order valence-electron chi connectivity index (χ4n) is 2.98. The molecular formula is C19H18ClN7O. The number of hydrogen-bond acceptors (Lipinski definition) is 5. The van der Waals surface area contributed by atoms with E-state index in [4.69, 9.17) is 11.6 Å². The molecule has 1 N–H and O–H groups in total. The molecule has 1 amide bonds. The van der Waals surface area contributed by atoms with Crippen LogP contribution in [0.1, 0.15) is 16.8 Å². The number of benzene rings is 1. The molecule has 4 aromatic rings. The topological polar surface area (TPSA) is 90.5 Å². The van der Waals surface area contributed by atoms with E-state index >= 15 is 0 Å². The Morgan fingerprint density at radius 3 is 2.93 bits per heavy atom. The van der Waals surface area contributed by atoms with Gasteiger partial charge in [-0.05, 0) is 24.6 Å². The quantitative estimate of drug-likeness (QED) is 0.507. The second kappa shape index (κ2) is 7.77. The minimum Gasteiger partial charge on any atom is -0.352 e. The van der Waals surface area contributed by atoms with E-state index in [-0.39, 0.29) is 5.91 Å². The minimum atomic E-state index is -0.182. The van der Waals surface area contributed by atoms with E-state index < -0.39 is 0 Å². The molecule has 0 bridgehead atoms. The number of rotatable bonds is 6. The Morgan fingerprint density at radius 2 is 2.14 bits per heavy atom. The molecule has 4 rings (SSSR count). The summed E-state index contributed by atoms with van der Waals surface area (Å²) in [6.07, 6.45) is 5.73. The van der Waals surface area contributed by atoms with Crippen molar-refractivity contribution >= 4 is 28.7 Å². The van der Waals surface area contributed by atoms with Gasteiger partial charge < -0.3 is 9.88 Å². The summed E-state index contributed by atoms with van der Waals surface area (Å²) in [6.45, 7) is 1.23. The van der Waals surface area contributed by atoms with E-state index in [1.165, 1.54) is 0 Å². The molecular weight excluding hydrogens is 378 g/mol. The second-order valence-corrected chi connectivity index (χ2v) is 6.72. The van der Waals surface area contributed by atoms with Crippen LogP contribution in [0, 0.1) is 0 Å². The highest BCUT2D eigenvalue weighted by molar-refractivity contribution is 6.33. The molecule has 1 aromatic carbocycles. The van der Waals surface area contributed by atoms with Crippen molar-refractivity contribution in [3.8, 4) is 11.4 Å². The molecule has 0 aliphatic carbocycles. The standard InChI is InChI=1S/C19H18ClN7O/c1-26-17(14-5-2-3-6-15(14)20)24-16-11-13(12-22-18(16)26)19(28)21-7-4-9-27-10-8-23-25-27/h2-3,5-6,8,10-12H,4,7,9H2,1H3,(H,21,28). The van der Waals surface area contributed by atoms with Gasteiger partial charge in [0.1, 0.15) is 11.3 Å². The number of nitrogens with zero attached hydrogens (tertiary/aromatic N) is 6. The minimum absolute atomic E-state index is 0.182. The van der Waals surface area contributed by atoms with Gasteiger partial charge in [-0.2, -0.15) is 0 Å². The zero-order valence-corrected chi connectivity index (χ0v) is 16.0. The number of amides is 1. The van der Waals surface area contributed by atoms with Crippen molar-refractivity contribution in [3.05, 3.63) is 59.5 Å². The third-order valence-corrected chi connectivity index (χ3v) is 4.74. The van der Waals surface area contributed by atoms with Crippen LogP contribution in [0.15, 0.2) is 48.9 Å². The lowest BCUT2D eigenvalue weighted by Crippen LogP contribution is -2.25. The Kier molecular flexibility index (Phi) is 5.03. The molecule has 0 aliphatic heterocycles. The second-order valence-electron chi connectivity index (χ2n) is 6.32. The molecule has 0 aliphatic rings. The van der Waals surface area contributed by atoms with Gasteiger partial charge in [-0.3, -0.25) is 9.48 Å². The molecule has 8 nitrogen and oxygen atoms in total. The van der Waals surface area contributed by atoms with Crippen molar-refractivity contribution in [1.29, 1.82) is 0 Å². The van der Waals surface area contributed by atoms with Crippen LogP contribution < -0.4 is 5.32 Å². The number of imidazole rings is 1. The lowest BCUT2D eigenvalue weighted by molar-refractivity contribution is 0.0952. The van der Waals surface area contributed by atoms with Crippen LogP contribution in [-0.4, -0.2) is 42.0 Å². The third kappa shape index (κ3) is 3.59. The number of pyridine rings is 1. The predicted molar refractivity (Wildman–Crippen MR) is 106 cm³/mol. The summed E-state index contributed by atoms with van der Waals surface area (Å²) in [5, 5.41) is 11.1. The molecule has 0 fully saturated rings. The van der Waals surface area contributed by atoms with Crippen LogP contribution >= 0.6 is 11.6 Å². The Hall–Kier alpha value is -3.26. The largest absolute Gasteiger partial charge is 0.352 e. The van der Waals surface area contributed by atoms with Gasteiger partial charge in [0.05, 0.1) is 16.8 Å². The van der Waals surface area contributed by atoms with Gasteiger partial charge in [-0.15, -0.1) is 5.10 Å². The number of carbonyl (C=O) groups excluding carboxylic acids is 1. The van der Waals surface area contributed by atoms with Crippen molar-refractivity contribution in [2.24, 2.45) is 7.05 Å². The van der Waals surface area contributed by atoms with Crippen molar-refractivity contribution in [2.45, 2.75) is 13.0 Å². The molecule has 3 heterocycles. The molecule has 9 heteroatoms. The van der Waals surface area contributed by atoms with Gasteiger partial charge in [0, 0.05) is 38.1 Å². The summed E-state index contributed by atoms with van der Waals surface area (Å²) in [6, 6.07) is 9.26. The van der Waals surface area contributed by atoms with Gasteiger partial charge in [0.15, 0.2) is 5.65 Å². The average Bonchev–Trinajstić information content (AvgIpc) is 3.33. The highest BCUT2D eigenvalue weighted by Crippen LogP contribution is 2.28. The van der Waals surface area contributed by atoms with Crippen molar-refractivity contribution < 1.29 is 4.79 Å². The molecule has 142 valence electrons. The molecule has 0 atom stereocenters. The fourth-order valence-corrected chi connectivity index (χ4v) is 3.20. The van der Waals surface area contributed by atoms with E-state index in [0.29, 0.717) is 40.7 Å². The van der Waals surface area contributed by atoms with Gasteiger partial charge >= 0.3 is 0 Å². The van der Waals surface area contributed by atoms with Crippen molar-refractivity contribution in [2.75, 3.05) is 6.54 Å². The monoisotopic (exact) mass is 395 g/mol. The van der Waals surface area contributed by atoms with Gasteiger partial charge in [0.2, 0.25) is 0 Å². The maximum atomic E-state index is 12.4. The first-order chi connectivity index (χ1) is 13.6. The lowest BCUT2D eigenvalue weighted by Gasteiger charge is -2.05. The van der Waals surface area contributed by atoms with E-state index in [1.807, 2.05) is 35.9 Å². The van der Waals surface area contributed by atoms with Crippen LogP contribution in [0.5, 0.6) is 0 Å². The number of nitrogens with one attached hydrogen (secondary N) is 1. The van der Waals surface area contributed by atoms with Gasteiger partial charge in [0.25, 0.3) is 5.91 Å². The number of aryl methyl sites for hydroxylation is 2. The van der Waals surface area contributed by atoms with Crippen molar-refractivity contribution in [1.82, 2.24) is 34.8 Å². The molecule has 0 saturated heterocycles. The van der Waals surface area contributed by atoms with Gasteiger partial charge in [-0.25, -0.2) is 9.97 Å². The molecule has 0 radical (unpaired) electrons. The smallest absolute Gasteiger partial charge is 0.252 e. The first-order valence-electron chi connectivity index (χ1n) is 8.83. The molecule has 28 heavy (non-hydrogen) atoms. The number of hydrogen-bond donors (Lipinski definition) is 1. The number of halogens is 1. The lowest BCUT2D eigenvalue weighted by atomic mass is 10.2. The van der Waals surface area contributed by atoms with E-state index in [2.05, 4.69) is 25.6 Å². The van der Waals surface area contributed by atoms with Crippen LogP contribution in [-0.2, 0) is 13.6 Å². The number of aromatic nitrogens is 6. The average molecular weight is 396 g/mol. The highest BCUT2D eigenvalue weighted by Gasteiger charge is 2.15. The van der Waals surface area contributed by atoms with Gasteiger partial charge in [-0.1, -0.05) is 28.9 Å². The van der Waals surface area contributed by atoms with E-state index in [1.54, 1.807) is 29.3 Å². The first kappa shape index (κ1) is 18.1. The van der Waals surface area contributed by atoms with Crippen LogP contribution in [0.25, 0.3) is 22.6 Å². The summed E-state index contributed by atoms with van der Waals surface area (Å²) < 4.78 is 3.60.